The van der Waals surface area contributed by atoms with E-state index in [4.69, 9.17) is 18.7 Å². The van der Waals surface area contributed by atoms with E-state index in [0.29, 0.717) is 36.1 Å². The molecule has 0 atom stereocenters. The minimum atomic E-state index is -0.657. The molecule has 0 radical (unpaired) electrons. The highest BCUT2D eigenvalue weighted by atomic mass is 16.6. The Morgan fingerprint density at radius 3 is 2.28 bits per heavy atom. The summed E-state index contributed by atoms with van der Waals surface area (Å²) in [6.07, 6.45) is 1.67. The van der Waals surface area contributed by atoms with Crippen molar-refractivity contribution in [2.45, 2.75) is 40.2 Å². The van der Waals surface area contributed by atoms with Gasteiger partial charge < -0.3 is 18.7 Å². The lowest BCUT2D eigenvalue weighted by Gasteiger charge is -2.14. The van der Waals surface area contributed by atoms with Gasteiger partial charge in [-0.05, 0) is 44.0 Å². The number of hydrogen-bond acceptors (Lipinski definition) is 8. The van der Waals surface area contributed by atoms with Gasteiger partial charge in [-0.25, -0.2) is 4.79 Å². The summed E-state index contributed by atoms with van der Waals surface area (Å²) in [5.41, 5.74) is 0.756. The summed E-state index contributed by atoms with van der Waals surface area (Å²) in [5.74, 6) is 0.723. The molecule has 0 saturated carbocycles. The zero-order chi connectivity index (χ0) is 22.9. The van der Waals surface area contributed by atoms with Gasteiger partial charge in [-0.15, -0.1) is 0 Å². The Hall–Kier alpha value is -3.68. The number of aromatic nitrogens is 2. The van der Waals surface area contributed by atoms with Crippen molar-refractivity contribution in [3.05, 3.63) is 70.9 Å². The monoisotopic (exact) mass is 438 g/mol. The zero-order valence-corrected chi connectivity index (χ0v) is 18.4. The van der Waals surface area contributed by atoms with Gasteiger partial charge in [0.05, 0.1) is 18.8 Å². The molecule has 0 fully saturated rings. The Bertz CT molecular complexity index is 1080. The number of carbonyl (C=O) groups excluding carboxylic acids is 2. The quantitative estimate of drug-likeness (QED) is 0.318. The maximum Gasteiger partial charge on any atom is 0.339 e. The Kier molecular flexibility index (Phi) is 7.96. The first-order chi connectivity index (χ1) is 15.5. The molecular weight excluding hydrogens is 412 g/mol. The lowest BCUT2D eigenvalue weighted by molar-refractivity contribution is 0.0427. The van der Waals surface area contributed by atoms with Crippen molar-refractivity contribution in [3.63, 3.8) is 0 Å². The van der Waals surface area contributed by atoms with Crippen LogP contribution < -0.4 is 9.47 Å². The molecule has 0 spiro atoms. The molecule has 0 aliphatic heterocycles. The summed E-state index contributed by atoms with van der Waals surface area (Å²) >= 11 is 0. The van der Waals surface area contributed by atoms with E-state index >= 15 is 0 Å². The van der Waals surface area contributed by atoms with Gasteiger partial charge >= 0.3 is 5.97 Å². The summed E-state index contributed by atoms with van der Waals surface area (Å²) in [7, 11) is 0. The van der Waals surface area contributed by atoms with Crippen molar-refractivity contribution in [2.24, 2.45) is 0 Å². The fourth-order valence-electron chi connectivity index (χ4n) is 2.92. The van der Waals surface area contributed by atoms with Gasteiger partial charge in [-0.3, -0.25) is 4.79 Å². The number of hydrogen-bond donors (Lipinski definition) is 0. The van der Waals surface area contributed by atoms with Gasteiger partial charge in [0.1, 0.15) is 0 Å². The van der Waals surface area contributed by atoms with Gasteiger partial charge in [0.25, 0.3) is 5.89 Å². The minimum Gasteiger partial charge on any atom is -0.490 e. The van der Waals surface area contributed by atoms with Gasteiger partial charge in [-0.2, -0.15) is 4.98 Å². The van der Waals surface area contributed by atoms with Crippen LogP contribution in [-0.2, 0) is 11.3 Å². The molecule has 3 aromatic rings. The normalized spacial score (nSPS) is 10.6. The fraction of sp³-hybridized carbons (Fsp3) is 0.333. The minimum absolute atomic E-state index is 0.149. The predicted molar refractivity (Wildman–Crippen MR) is 116 cm³/mol. The van der Waals surface area contributed by atoms with Crippen LogP contribution in [0.1, 0.15) is 64.7 Å². The zero-order valence-electron chi connectivity index (χ0n) is 18.4. The molecule has 1 aromatic heterocycles. The molecule has 0 bridgehead atoms. The molecule has 0 aliphatic carbocycles. The van der Waals surface area contributed by atoms with Crippen LogP contribution in [0.4, 0.5) is 0 Å². The second-order valence-corrected chi connectivity index (χ2v) is 7.04. The highest BCUT2D eigenvalue weighted by Gasteiger charge is 2.21. The summed E-state index contributed by atoms with van der Waals surface area (Å²) in [4.78, 5) is 29.9. The third kappa shape index (κ3) is 5.72. The second-order valence-electron chi connectivity index (χ2n) is 7.04. The number of nitrogens with zero attached hydrogens (tertiary/aromatic N) is 2. The molecule has 0 saturated heterocycles. The summed E-state index contributed by atoms with van der Waals surface area (Å²) in [6, 6.07) is 11.5. The molecule has 0 N–H and O–H groups in total. The Balaban J connectivity index is 1.83. The van der Waals surface area contributed by atoms with E-state index in [1.54, 1.807) is 49.4 Å². The summed E-state index contributed by atoms with van der Waals surface area (Å²) < 4.78 is 21.7. The van der Waals surface area contributed by atoms with Crippen molar-refractivity contribution in [3.8, 4) is 11.5 Å². The molecular formula is C24H26N2O6. The Morgan fingerprint density at radius 1 is 0.938 bits per heavy atom. The first-order valence-corrected chi connectivity index (χ1v) is 10.5. The molecule has 8 nitrogen and oxygen atoms in total. The highest BCUT2D eigenvalue weighted by Crippen LogP contribution is 2.30. The molecule has 1 heterocycles. The Morgan fingerprint density at radius 2 is 1.62 bits per heavy atom. The standard InChI is InChI=1S/C24H26N2O6/c1-4-12-29-20-11-10-17(14-21(20)30-13-5-2)23(27)18-8-6-7-9-19(18)24(28)31-15-22-25-16(3)26-32-22/h6-11,14H,4-5,12-13,15H2,1-3H3. The van der Waals surface area contributed by atoms with Gasteiger partial charge in [0.15, 0.2) is 29.7 Å². The van der Waals surface area contributed by atoms with Gasteiger partial charge in [0.2, 0.25) is 0 Å². The van der Waals surface area contributed by atoms with E-state index in [2.05, 4.69) is 10.1 Å². The maximum absolute atomic E-state index is 13.3. The molecule has 32 heavy (non-hydrogen) atoms. The third-order valence-electron chi connectivity index (χ3n) is 4.42. The van der Waals surface area contributed by atoms with Crippen molar-refractivity contribution in [1.29, 1.82) is 0 Å². The molecule has 2 aromatic carbocycles. The maximum atomic E-state index is 13.3. The van der Waals surface area contributed by atoms with Crippen LogP contribution in [0.3, 0.4) is 0 Å². The third-order valence-corrected chi connectivity index (χ3v) is 4.42. The number of carbonyl (C=O) groups is 2. The van der Waals surface area contributed by atoms with Crippen molar-refractivity contribution in [2.75, 3.05) is 13.2 Å². The van der Waals surface area contributed by atoms with Gasteiger partial charge in [0, 0.05) is 11.1 Å². The van der Waals surface area contributed by atoms with Crippen LogP contribution in [0.2, 0.25) is 0 Å². The number of ketones is 1. The van der Waals surface area contributed by atoms with E-state index < -0.39 is 5.97 Å². The smallest absolute Gasteiger partial charge is 0.339 e. The topological polar surface area (TPSA) is 101 Å². The van der Waals surface area contributed by atoms with Crippen molar-refractivity contribution in [1.82, 2.24) is 10.1 Å². The van der Waals surface area contributed by atoms with Crippen molar-refractivity contribution < 1.29 is 28.3 Å². The fourth-order valence-corrected chi connectivity index (χ4v) is 2.92. The molecule has 0 aliphatic rings. The molecule has 3 rings (SSSR count). The van der Waals surface area contributed by atoms with Crippen molar-refractivity contribution >= 4 is 11.8 Å². The number of benzene rings is 2. The van der Waals surface area contributed by atoms with E-state index in [9.17, 15) is 9.59 Å². The van der Waals surface area contributed by atoms with Crippen LogP contribution >= 0.6 is 0 Å². The van der Waals surface area contributed by atoms with E-state index in [-0.39, 0.29) is 29.4 Å². The number of aryl methyl sites for hydroxylation is 1. The second kappa shape index (κ2) is 11.1. The van der Waals surface area contributed by atoms with Crippen LogP contribution in [-0.4, -0.2) is 35.1 Å². The average molecular weight is 438 g/mol. The molecule has 0 unspecified atom stereocenters. The molecule has 8 heteroatoms. The lowest BCUT2D eigenvalue weighted by atomic mass is 9.98. The highest BCUT2D eigenvalue weighted by molar-refractivity contribution is 6.14. The van der Waals surface area contributed by atoms with E-state index in [0.717, 1.165) is 12.8 Å². The van der Waals surface area contributed by atoms with E-state index in [1.807, 2.05) is 13.8 Å². The molecule has 168 valence electrons. The number of ether oxygens (including phenoxy) is 3. The first kappa shape index (κ1) is 23.0. The van der Waals surface area contributed by atoms with E-state index in [1.165, 1.54) is 0 Å². The van der Waals surface area contributed by atoms with Crippen LogP contribution in [0.15, 0.2) is 47.0 Å². The predicted octanol–water partition coefficient (Wildman–Crippen LogP) is 4.54. The summed E-state index contributed by atoms with van der Waals surface area (Å²) in [6.45, 7) is 6.54. The van der Waals surface area contributed by atoms with Crippen LogP contribution in [0.25, 0.3) is 0 Å². The van der Waals surface area contributed by atoms with Crippen LogP contribution in [0, 0.1) is 6.92 Å². The number of rotatable bonds is 11. The largest absolute Gasteiger partial charge is 0.490 e. The number of esters is 1. The first-order valence-electron chi connectivity index (χ1n) is 10.5. The summed E-state index contributed by atoms with van der Waals surface area (Å²) in [5, 5.41) is 3.65. The SMILES string of the molecule is CCCOc1ccc(C(=O)c2ccccc2C(=O)OCc2nc(C)no2)cc1OCCC. The average Bonchev–Trinajstić information content (AvgIpc) is 3.24. The van der Waals surface area contributed by atoms with Crippen LogP contribution in [0.5, 0.6) is 11.5 Å². The molecule has 0 amide bonds. The Labute approximate surface area is 186 Å². The van der Waals surface area contributed by atoms with Gasteiger partial charge in [-0.1, -0.05) is 37.2 Å². The lowest BCUT2D eigenvalue weighted by Crippen LogP contribution is -2.13.